The van der Waals surface area contributed by atoms with Gasteiger partial charge in [-0.25, -0.2) is 9.59 Å². The van der Waals surface area contributed by atoms with Crippen molar-refractivity contribution in [3.63, 3.8) is 0 Å². The number of urea groups is 1. The van der Waals surface area contributed by atoms with E-state index >= 15 is 0 Å². The zero-order chi connectivity index (χ0) is 13.8. The van der Waals surface area contributed by atoms with Crippen molar-refractivity contribution < 1.29 is 14.7 Å². The minimum atomic E-state index is -0.890. The second-order valence-electron chi connectivity index (χ2n) is 5.90. The third-order valence-electron chi connectivity index (χ3n) is 4.60. The highest BCUT2D eigenvalue weighted by molar-refractivity contribution is 5.83. The molecular weight excluding hydrogens is 244 g/mol. The standard InChI is InChI=1S/C14H24N2O3/c1-10-5-2-3-6-11(10)9-15-14(19)16-8-4-7-12(16)13(17)18/h10-12H,2-9H2,1H3,(H,15,19)(H,17,18). The second-order valence-corrected chi connectivity index (χ2v) is 5.90. The molecule has 3 atom stereocenters. The molecule has 1 saturated carbocycles. The Balaban J connectivity index is 1.82. The van der Waals surface area contributed by atoms with Gasteiger partial charge < -0.3 is 15.3 Å². The minimum Gasteiger partial charge on any atom is -0.480 e. The summed E-state index contributed by atoms with van der Waals surface area (Å²) in [7, 11) is 0. The molecule has 0 bridgehead atoms. The van der Waals surface area contributed by atoms with Gasteiger partial charge in [0.25, 0.3) is 0 Å². The van der Waals surface area contributed by atoms with Crippen molar-refractivity contribution in [1.29, 1.82) is 0 Å². The third kappa shape index (κ3) is 3.39. The lowest BCUT2D eigenvalue weighted by atomic mass is 9.80. The van der Waals surface area contributed by atoms with Gasteiger partial charge in [-0.3, -0.25) is 0 Å². The van der Waals surface area contributed by atoms with Gasteiger partial charge in [0.1, 0.15) is 6.04 Å². The number of carbonyl (C=O) groups is 2. The molecule has 2 amide bonds. The predicted molar refractivity (Wildman–Crippen MR) is 71.9 cm³/mol. The fourth-order valence-electron chi connectivity index (χ4n) is 3.28. The number of carbonyl (C=O) groups excluding carboxylic acids is 1. The summed E-state index contributed by atoms with van der Waals surface area (Å²) in [5.74, 6) is 0.310. The van der Waals surface area contributed by atoms with E-state index in [1.165, 1.54) is 30.6 Å². The van der Waals surface area contributed by atoms with Gasteiger partial charge in [0.15, 0.2) is 0 Å². The van der Waals surface area contributed by atoms with E-state index in [2.05, 4.69) is 12.2 Å². The Morgan fingerprint density at radius 1 is 1.21 bits per heavy atom. The zero-order valence-corrected chi connectivity index (χ0v) is 11.6. The van der Waals surface area contributed by atoms with E-state index < -0.39 is 12.0 Å². The van der Waals surface area contributed by atoms with Gasteiger partial charge in [-0.2, -0.15) is 0 Å². The number of hydrogen-bond acceptors (Lipinski definition) is 2. The van der Waals surface area contributed by atoms with Crippen LogP contribution in [0.15, 0.2) is 0 Å². The molecule has 5 heteroatoms. The van der Waals surface area contributed by atoms with E-state index in [9.17, 15) is 9.59 Å². The molecule has 0 aromatic carbocycles. The molecule has 19 heavy (non-hydrogen) atoms. The van der Waals surface area contributed by atoms with Crippen LogP contribution in [0, 0.1) is 11.8 Å². The fourth-order valence-corrected chi connectivity index (χ4v) is 3.28. The number of carboxylic acids is 1. The van der Waals surface area contributed by atoms with Gasteiger partial charge in [0.2, 0.25) is 0 Å². The first-order valence-corrected chi connectivity index (χ1v) is 7.37. The molecule has 0 aromatic heterocycles. The van der Waals surface area contributed by atoms with Crippen LogP contribution < -0.4 is 5.32 Å². The Bertz CT molecular complexity index is 346. The normalized spacial score (nSPS) is 31.2. The zero-order valence-electron chi connectivity index (χ0n) is 11.6. The van der Waals surface area contributed by atoms with Crippen LogP contribution >= 0.6 is 0 Å². The summed E-state index contributed by atoms with van der Waals surface area (Å²) < 4.78 is 0. The van der Waals surface area contributed by atoms with Crippen LogP contribution in [0.5, 0.6) is 0 Å². The van der Waals surface area contributed by atoms with E-state index in [1.54, 1.807) is 0 Å². The van der Waals surface area contributed by atoms with Gasteiger partial charge in [0.05, 0.1) is 0 Å². The molecule has 2 fully saturated rings. The number of hydrogen-bond donors (Lipinski definition) is 2. The molecular formula is C14H24N2O3. The summed E-state index contributed by atoms with van der Waals surface area (Å²) in [5, 5.41) is 12.0. The van der Waals surface area contributed by atoms with Gasteiger partial charge in [-0.15, -0.1) is 0 Å². The molecule has 2 rings (SSSR count). The van der Waals surface area contributed by atoms with Crippen LogP contribution in [0.3, 0.4) is 0 Å². The highest BCUT2D eigenvalue weighted by Crippen LogP contribution is 2.29. The van der Waals surface area contributed by atoms with E-state index in [-0.39, 0.29) is 6.03 Å². The summed E-state index contributed by atoms with van der Waals surface area (Å²) >= 11 is 0. The topological polar surface area (TPSA) is 69.6 Å². The highest BCUT2D eigenvalue weighted by Gasteiger charge is 2.34. The Labute approximate surface area is 114 Å². The van der Waals surface area contributed by atoms with E-state index in [1.807, 2.05) is 0 Å². The highest BCUT2D eigenvalue weighted by atomic mass is 16.4. The molecule has 1 aliphatic carbocycles. The molecule has 1 aliphatic heterocycles. The first kappa shape index (κ1) is 14.2. The van der Waals surface area contributed by atoms with Crippen molar-refractivity contribution in [1.82, 2.24) is 10.2 Å². The number of nitrogens with one attached hydrogen (secondary N) is 1. The lowest BCUT2D eigenvalue weighted by molar-refractivity contribution is -0.141. The minimum absolute atomic E-state index is 0.206. The van der Waals surface area contributed by atoms with Crippen molar-refractivity contribution in [3.05, 3.63) is 0 Å². The van der Waals surface area contributed by atoms with Crippen LogP contribution in [-0.4, -0.2) is 41.1 Å². The quantitative estimate of drug-likeness (QED) is 0.823. The molecule has 0 spiro atoms. The SMILES string of the molecule is CC1CCCCC1CNC(=O)N1CCCC1C(=O)O. The maximum atomic E-state index is 12.1. The first-order chi connectivity index (χ1) is 9.09. The second kappa shape index (κ2) is 6.26. The summed E-state index contributed by atoms with van der Waals surface area (Å²) in [5.41, 5.74) is 0. The Kier molecular flexibility index (Phi) is 4.66. The maximum absolute atomic E-state index is 12.1. The van der Waals surface area contributed by atoms with Crippen LogP contribution in [0.25, 0.3) is 0 Å². The van der Waals surface area contributed by atoms with Crippen LogP contribution in [0.4, 0.5) is 4.79 Å². The molecule has 5 nitrogen and oxygen atoms in total. The van der Waals surface area contributed by atoms with Gasteiger partial charge in [0, 0.05) is 13.1 Å². The molecule has 0 radical (unpaired) electrons. The predicted octanol–water partition coefficient (Wildman–Crippen LogP) is 2.07. The molecule has 2 N–H and O–H groups in total. The summed E-state index contributed by atoms with van der Waals surface area (Å²) in [4.78, 5) is 24.6. The fraction of sp³-hybridized carbons (Fsp3) is 0.857. The van der Waals surface area contributed by atoms with Gasteiger partial charge in [-0.05, 0) is 31.1 Å². The number of aliphatic carboxylic acids is 1. The molecule has 0 aromatic rings. The third-order valence-corrected chi connectivity index (χ3v) is 4.60. The lowest BCUT2D eigenvalue weighted by Gasteiger charge is -2.30. The van der Waals surface area contributed by atoms with Gasteiger partial charge in [-0.1, -0.05) is 26.2 Å². The maximum Gasteiger partial charge on any atom is 0.326 e. The average molecular weight is 268 g/mol. The molecule has 108 valence electrons. The Hall–Kier alpha value is -1.26. The summed E-state index contributed by atoms with van der Waals surface area (Å²) in [6, 6.07) is -0.841. The molecule has 1 saturated heterocycles. The first-order valence-electron chi connectivity index (χ1n) is 7.37. The lowest BCUT2D eigenvalue weighted by Crippen LogP contribution is -2.47. The number of rotatable bonds is 3. The molecule has 3 unspecified atom stereocenters. The van der Waals surface area contributed by atoms with Crippen molar-refractivity contribution in [2.75, 3.05) is 13.1 Å². The van der Waals surface area contributed by atoms with E-state index in [4.69, 9.17) is 5.11 Å². The van der Waals surface area contributed by atoms with Crippen molar-refractivity contribution in [2.45, 2.75) is 51.5 Å². The van der Waals surface area contributed by atoms with E-state index in [0.717, 1.165) is 6.42 Å². The monoisotopic (exact) mass is 268 g/mol. The average Bonchev–Trinajstić information content (AvgIpc) is 2.87. The summed E-state index contributed by atoms with van der Waals surface area (Å²) in [6.45, 7) is 3.48. The Morgan fingerprint density at radius 2 is 1.95 bits per heavy atom. The Morgan fingerprint density at radius 3 is 2.63 bits per heavy atom. The van der Waals surface area contributed by atoms with Crippen molar-refractivity contribution >= 4 is 12.0 Å². The largest absolute Gasteiger partial charge is 0.480 e. The van der Waals surface area contributed by atoms with Crippen LogP contribution in [0.2, 0.25) is 0 Å². The smallest absolute Gasteiger partial charge is 0.326 e. The number of nitrogens with zero attached hydrogens (tertiary/aromatic N) is 1. The van der Waals surface area contributed by atoms with Crippen molar-refractivity contribution in [2.24, 2.45) is 11.8 Å². The molecule has 2 aliphatic rings. The number of amides is 2. The number of carboxylic acid groups (broad SMARTS) is 1. The molecule has 1 heterocycles. The van der Waals surface area contributed by atoms with Gasteiger partial charge >= 0.3 is 12.0 Å². The van der Waals surface area contributed by atoms with E-state index in [0.29, 0.717) is 31.3 Å². The van der Waals surface area contributed by atoms with Crippen molar-refractivity contribution in [3.8, 4) is 0 Å². The summed E-state index contributed by atoms with van der Waals surface area (Å²) in [6.07, 6.45) is 6.30. The van der Waals surface area contributed by atoms with Crippen LogP contribution in [0.1, 0.15) is 45.4 Å². The van der Waals surface area contributed by atoms with Crippen LogP contribution in [-0.2, 0) is 4.79 Å². The number of likely N-dealkylation sites (tertiary alicyclic amines) is 1.